The summed E-state index contributed by atoms with van der Waals surface area (Å²) in [5.41, 5.74) is 9.45. The lowest BCUT2D eigenvalue weighted by Crippen LogP contribution is -2.22. The first-order valence-corrected chi connectivity index (χ1v) is 5.82. The van der Waals surface area contributed by atoms with Crippen molar-refractivity contribution < 1.29 is 4.74 Å². The fourth-order valence-corrected chi connectivity index (χ4v) is 2.34. The molecule has 0 aliphatic carbocycles. The Morgan fingerprint density at radius 3 is 2.88 bits per heavy atom. The zero-order valence-corrected chi connectivity index (χ0v) is 10.1. The van der Waals surface area contributed by atoms with Gasteiger partial charge in [0.2, 0.25) is 0 Å². The van der Waals surface area contributed by atoms with Crippen LogP contribution in [-0.2, 0) is 11.3 Å². The second-order valence-electron chi connectivity index (χ2n) is 4.42. The Morgan fingerprint density at radius 1 is 1.50 bits per heavy atom. The van der Waals surface area contributed by atoms with Crippen LogP contribution in [0.3, 0.4) is 0 Å². The summed E-state index contributed by atoms with van der Waals surface area (Å²) >= 11 is 0. The van der Waals surface area contributed by atoms with Crippen molar-refractivity contribution in [3.63, 3.8) is 0 Å². The van der Waals surface area contributed by atoms with E-state index in [1.54, 1.807) is 7.11 Å². The van der Waals surface area contributed by atoms with E-state index >= 15 is 0 Å². The Kier molecular flexibility index (Phi) is 3.46. The van der Waals surface area contributed by atoms with Gasteiger partial charge in [-0.05, 0) is 30.5 Å². The number of nitrogens with zero attached hydrogens (tertiary/aromatic N) is 1. The molecule has 0 spiro atoms. The maximum Gasteiger partial charge on any atom is 0.0762 e. The van der Waals surface area contributed by atoms with E-state index in [-0.39, 0.29) is 0 Å². The molecule has 0 amide bonds. The molecule has 88 valence electrons. The third kappa shape index (κ3) is 2.20. The van der Waals surface area contributed by atoms with Crippen LogP contribution >= 0.6 is 0 Å². The van der Waals surface area contributed by atoms with Gasteiger partial charge in [-0.3, -0.25) is 0 Å². The minimum atomic E-state index is 0.383. The van der Waals surface area contributed by atoms with Crippen LogP contribution < -0.4 is 10.6 Å². The van der Waals surface area contributed by atoms with Crippen LogP contribution in [0.4, 0.5) is 5.69 Å². The molecule has 3 heteroatoms. The third-order valence-corrected chi connectivity index (χ3v) is 3.32. The topological polar surface area (TPSA) is 38.5 Å². The number of rotatable bonds is 3. The first-order chi connectivity index (χ1) is 7.74. The summed E-state index contributed by atoms with van der Waals surface area (Å²) in [6.45, 7) is 4.84. The summed E-state index contributed by atoms with van der Waals surface area (Å²) in [5, 5.41) is 0. The maximum atomic E-state index is 5.63. The van der Waals surface area contributed by atoms with E-state index in [9.17, 15) is 0 Å². The summed E-state index contributed by atoms with van der Waals surface area (Å²) in [5.74, 6) is 0. The Hall–Kier alpha value is -1.06. The first kappa shape index (κ1) is 11.4. The van der Waals surface area contributed by atoms with Gasteiger partial charge in [0.15, 0.2) is 0 Å². The fourth-order valence-electron chi connectivity index (χ4n) is 2.34. The SMILES string of the molecule is COC1CCN(c2ccc(CN)cc2C)C1. The van der Waals surface area contributed by atoms with E-state index in [0.717, 1.165) is 19.5 Å². The number of aryl methyl sites for hydroxylation is 1. The lowest BCUT2D eigenvalue weighted by atomic mass is 10.1. The summed E-state index contributed by atoms with van der Waals surface area (Å²) in [4.78, 5) is 2.39. The molecule has 1 saturated heterocycles. The largest absolute Gasteiger partial charge is 0.380 e. The van der Waals surface area contributed by atoms with E-state index in [0.29, 0.717) is 12.6 Å². The van der Waals surface area contributed by atoms with E-state index < -0.39 is 0 Å². The Labute approximate surface area is 97.2 Å². The highest BCUT2D eigenvalue weighted by Gasteiger charge is 2.22. The number of benzene rings is 1. The van der Waals surface area contributed by atoms with Gasteiger partial charge in [0.25, 0.3) is 0 Å². The molecule has 16 heavy (non-hydrogen) atoms. The normalized spacial score (nSPS) is 20.4. The van der Waals surface area contributed by atoms with Gasteiger partial charge in [0.1, 0.15) is 0 Å². The predicted octanol–water partition coefficient (Wildman–Crippen LogP) is 1.68. The smallest absolute Gasteiger partial charge is 0.0762 e. The molecular weight excluding hydrogens is 200 g/mol. The number of hydrogen-bond acceptors (Lipinski definition) is 3. The van der Waals surface area contributed by atoms with Crippen molar-refractivity contribution in [1.82, 2.24) is 0 Å². The van der Waals surface area contributed by atoms with Crippen LogP contribution in [0.25, 0.3) is 0 Å². The lowest BCUT2D eigenvalue weighted by Gasteiger charge is -2.21. The van der Waals surface area contributed by atoms with Crippen LogP contribution in [-0.4, -0.2) is 26.3 Å². The Bertz CT molecular complexity index is 365. The molecule has 0 saturated carbocycles. The van der Waals surface area contributed by atoms with Crippen LogP contribution in [0.15, 0.2) is 18.2 Å². The third-order valence-electron chi connectivity index (χ3n) is 3.32. The molecule has 0 bridgehead atoms. The highest BCUT2D eigenvalue weighted by atomic mass is 16.5. The van der Waals surface area contributed by atoms with Crippen molar-refractivity contribution >= 4 is 5.69 Å². The molecule has 2 N–H and O–H groups in total. The first-order valence-electron chi connectivity index (χ1n) is 5.82. The molecule has 0 aromatic heterocycles. The van der Waals surface area contributed by atoms with Crippen molar-refractivity contribution in [3.05, 3.63) is 29.3 Å². The highest BCUT2D eigenvalue weighted by molar-refractivity contribution is 5.55. The molecule has 1 fully saturated rings. The van der Waals surface area contributed by atoms with Crippen molar-refractivity contribution in [2.75, 3.05) is 25.1 Å². The van der Waals surface area contributed by atoms with Crippen LogP contribution in [0.1, 0.15) is 17.5 Å². The number of ether oxygens (including phenoxy) is 1. The van der Waals surface area contributed by atoms with Gasteiger partial charge in [-0.1, -0.05) is 12.1 Å². The molecule has 1 atom stereocenters. The fraction of sp³-hybridized carbons (Fsp3) is 0.538. The molecule has 0 radical (unpaired) electrons. The molecule has 1 aliphatic rings. The van der Waals surface area contributed by atoms with Crippen molar-refractivity contribution in [1.29, 1.82) is 0 Å². The molecule has 3 nitrogen and oxygen atoms in total. The Balaban J connectivity index is 2.15. The zero-order chi connectivity index (χ0) is 11.5. The summed E-state index contributed by atoms with van der Waals surface area (Å²) in [7, 11) is 1.79. The van der Waals surface area contributed by atoms with Gasteiger partial charge in [-0.25, -0.2) is 0 Å². The van der Waals surface area contributed by atoms with E-state index in [4.69, 9.17) is 10.5 Å². The molecule has 1 unspecified atom stereocenters. The monoisotopic (exact) mass is 220 g/mol. The summed E-state index contributed by atoms with van der Waals surface area (Å²) in [6.07, 6.45) is 1.50. The average molecular weight is 220 g/mol. The maximum absolute atomic E-state index is 5.63. The summed E-state index contributed by atoms with van der Waals surface area (Å²) in [6, 6.07) is 6.47. The Morgan fingerprint density at radius 2 is 2.31 bits per heavy atom. The minimum absolute atomic E-state index is 0.383. The second kappa shape index (κ2) is 4.85. The highest BCUT2D eigenvalue weighted by Crippen LogP contribution is 2.25. The molecule has 1 aromatic carbocycles. The van der Waals surface area contributed by atoms with Gasteiger partial charge < -0.3 is 15.4 Å². The van der Waals surface area contributed by atoms with Crippen molar-refractivity contribution in [3.8, 4) is 0 Å². The number of hydrogen-bond donors (Lipinski definition) is 1. The minimum Gasteiger partial charge on any atom is -0.380 e. The quantitative estimate of drug-likeness (QED) is 0.842. The molecule has 1 heterocycles. The molecule has 2 rings (SSSR count). The van der Waals surface area contributed by atoms with E-state index in [2.05, 4.69) is 30.0 Å². The van der Waals surface area contributed by atoms with E-state index in [1.807, 2.05) is 0 Å². The van der Waals surface area contributed by atoms with Gasteiger partial charge in [0.05, 0.1) is 6.10 Å². The van der Waals surface area contributed by atoms with Crippen LogP contribution in [0.2, 0.25) is 0 Å². The van der Waals surface area contributed by atoms with Gasteiger partial charge in [0, 0.05) is 32.4 Å². The average Bonchev–Trinajstić information content (AvgIpc) is 2.77. The lowest BCUT2D eigenvalue weighted by molar-refractivity contribution is 0.121. The van der Waals surface area contributed by atoms with Gasteiger partial charge in [-0.15, -0.1) is 0 Å². The second-order valence-corrected chi connectivity index (χ2v) is 4.42. The predicted molar refractivity (Wildman–Crippen MR) is 66.7 cm³/mol. The van der Waals surface area contributed by atoms with Crippen molar-refractivity contribution in [2.24, 2.45) is 5.73 Å². The zero-order valence-electron chi connectivity index (χ0n) is 10.1. The van der Waals surface area contributed by atoms with Crippen LogP contribution in [0, 0.1) is 6.92 Å². The van der Waals surface area contributed by atoms with E-state index in [1.165, 1.54) is 16.8 Å². The van der Waals surface area contributed by atoms with Crippen molar-refractivity contribution in [2.45, 2.75) is 26.0 Å². The number of anilines is 1. The summed E-state index contributed by atoms with van der Waals surface area (Å²) < 4.78 is 5.39. The van der Waals surface area contributed by atoms with Crippen LogP contribution in [0.5, 0.6) is 0 Å². The molecular formula is C13H20N2O. The van der Waals surface area contributed by atoms with Gasteiger partial charge in [-0.2, -0.15) is 0 Å². The number of nitrogens with two attached hydrogens (primary N) is 1. The number of methoxy groups -OCH3 is 1. The standard InChI is InChI=1S/C13H20N2O/c1-10-7-11(8-14)3-4-13(10)15-6-5-12(9-15)16-2/h3-4,7,12H,5-6,8-9,14H2,1-2H3. The molecule has 1 aliphatic heterocycles. The molecule has 1 aromatic rings. The van der Waals surface area contributed by atoms with Gasteiger partial charge >= 0.3 is 0 Å².